The van der Waals surface area contributed by atoms with Crippen molar-refractivity contribution in [1.82, 2.24) is 9.80 Å². The van der Waals surface area contributed by atoms with Crippen LogP contribution in [0.1, 0.15) is 39.1 Å². The summed E-state index contributed by atoms with van der Waals surface area (Å²) in [5, 5.41) is 11.0. The molecule has 0 radical (unpaired) electrons. The molecule has 1 atom stereocenters. The van der Waals surface area contributed by atoms with E-state index in [-0.39, 0.29) is 24.8 Å². The average molecular weight is 352 g/mol. The van der Waals surface area contributed by atoms with Crippen molar-refractivity contribution in [3.63, 3.8) is 0 Å². The number of aliphatic hydroxyl groups is 1. The molecule has 1 aromatic heterocycles. The number of β-amino-alcohol motifs (C(OH)–C–C–N with tert-alkyl or cyclic N) is 1. The number of thiophene rings is 1. The number of hydrogen-bond donors (Lipinski definition) is 1. The van der Waals surface area contributed by atoms with Crippen LogP contribution in [0.2, 0.25) is 0 Å². The smallest absolute Gasteiger partial charge is 0.264 e. The van der Waals surface area contributed by atoms with Crippen LogP contribution >= 0.6 is 11.3 Å². The zero-order chi connectivity index (χ0) is 17.2. The minimum atomic E-state index is -1.04. The number of Topliss-reactive ketones (excluding diaryl/α,β-unsaturated/α-hetero) is 1. The lowest BCUT2D eigenvalue weighted by Gasteiger charge is -2.33. The highest BCUT2D eigenvalue weighted by atomic mass is 32.1. The van der Waals surface area contributed by atoms with Crippen molar-refractivity contribution in [2.45, 2.75) is 25.4 Å². The van der Waals surface area contributed by atoms with Crippen molar-refractivity contribution in [2.75, 3.05) is 45.9 Å². The first kappa shape index (κ1) is 17.5. The highest BCUT2D eigenvalue weighted by Crippen LogP contribution is 2.22. The molecule has 2 aliphatic heterocycles. The van der Waals surface area contributed by atoms with Crippen LogP contribution in [0.5, 0.6) is 0 Å². The van der Waals surface area contributed by atoms with Gasteiger partial charge in [-0.1, -0.05) is 0 Å². The highest BCUT2D eigenvalue weighted by Gasteiger charge is 2.37. The minimum absolute atomic E-state index is 0.0382. The molecule has 1 aromatic rings. The molecule has 0 aliphatic carbocycles. The fraction of sp³-hybridized carbons (Fsp3) is 0.647. The van der Waals surface area contributed by atoms with Crippen molar-refractivity contribution in [3.8, 4) is 0 Å². The summed E-state index contributed by atoms with van der Waals surface area (Å²) in [6.45, 7) is 5.38. The van der Waals surface area contributed by atoms with Gasteiger partial charge < -0.3 is 19.6 Å². The first-order valence-electron chi connectivity index (χ1n) is 8.39. The molecular formula is C17H24N2O4S. The summed E-state index contributed by atoms with van der Waals surface area (Å²) in [7, 11) is 0. The lowest BCUT2D eigenvalue weighted by Crippen LogP contribution is -2.52. The molecule has 0 aromatic carbocycles. The monoisotopic (exact) mass is 352 g/mol. The van der Waals surface area contributed by atoms with Crippen LogP contribution in [-0.2, 0) is 4.74 Å². The molecule has 0 spiro atoms. The first-order valence-corrected chi connectivity index (χ1v) is 9.21. The zero-order valence-corrected chi connectivity index (χ0v) is 14.8. The molecule has 7 heteroatoms. The predicted molar refractivity (Wildman–Crippen MR) is 91.7 cm³/mol. The molecule has 2 fully saturated rings. The Kier molecular flexibility index (Phi) is 5.34. The number of ether oxygens (including phenoxy) is 1. The molecule has 1 amide bonds. The van der Waals surface area contributed by atoms with Gasteiger partial charge in [0.05, 0.1) is 29.5 Å². The number of carbonyl (C=O) groups is 2. The normalized spacial score (nSPS) is 25.7. The van der Waals surface area contributed by atoms with E-state index in [0.717, 1.165) is 25.9 Å². The largest absolute Gasteiger partial charge is 0.384 e. The zero-order valence-electron chi connectivity index (χ0n) is 14.0. The second-order valence-corrected chi connectivity index (χ2v) is 7.79. The van der Waals surface area contributed by atoms with Crippen molar-refractivity contribution in [2.24, 2.45) is 0 Å². The van der Waals surface area contributed by atoms with E-state index in [4.69, 9.17) is 4.74 Å². The highest BCUT2D eigenvalue weighted by molar-refractivity contribution is 7.15. The van der Waals surface area contributed by atoms with E-state index in [0.29, 0.717) is 29.5 Å². The summed E-state index contributed by atoms with van der Waals surface area (Å²) in [6.07, 6.45) is 2.31. The molecule has 24 heavy (non-hydrogen) atoms. The number of amides is 1. The SMILES string of the molecule is CC(=O)c1ccc(C(=O)N2CCOC[C@](O)(CN3CCCC3)C2)s1. The van der Waals surface area contributed by atoms with Gasteiger partial charge in [0, 0.05) is 13.1 Å². The summed E-state index contributed by atoms with van der Waals surface area (Å²) in [5.74, 6) is -0.179. The fourth-order valence-electron chi connectivity index (χ4n) is 3.34. The van der Waals surface area contributed by atoms with Crippen molar-refractivity contribution < 1.29 is 19.4 Å². The maximum atomic E-state index is 12.8. The van der Waals surface area contributed by atoms with Gasteiger partial charge in [-0.2, -0.15) is 0 Å². The van der Waals surface area contributed by atoms with Crippen LogP contribution in [0.15, 0.2) is 12.1 Å². The van der Waals surface area contributed by atoms with E-state index in [1.165, 1.54) is 18.3 Å². The predicted octanol–water partition coefficient (Wildman–Crippen LogP) is 1.25. The molecule has 6 nitrogen and oxygen atoms in total. The summed E-state index contributed by atoms with van der Waals surface area (Å²) in [5.41, 5.74) is -1.04. The number of ketones is 1. The van der Waals surface area contributed by atoms with Crippen molar-refractivity contribution >= 4 is 23.0 Å². The molecule has 0 saturated carbocycles. The Hall–Kier alpha value is -1.28. The third-order valence-corrected chi connectivity index (χ3v) is 5.70. The molecule has 2 saturated heterocycles. The van der Waals surface area contributed by atoms with E-state index in [1.807, 2.05) is 0 Å². The molecule has 2 aliphatic rings. The van der Waals surface area contributed by atoms with Gasteiger partial charge >= 0.3 is 0 Å². The van der Waals surface area contributed by atoms with Crippen LogP contribution in [0.3, 0.4) is 0 Å². The second-order valence-electron chi connectivity index (χ2n) is 6.71. The van der Waals surface area contributed by atoms with Gasteiger partial charge in [-0.15, -0.1) is 11.3 Å². The first-order chi connectivity index (χ1) is 11.5. The van der Waals surface area contributed by atoms with Gasteiger partial charge in [0.25, 0.3) is 5.91 Å². The Morgan fingerprint density at radius 3 is 2.62 bits per heavy atom. The van der Waals surface area contributed by atoms with E-state index in [1.54, 1.807) is 17.0 Å². The topological polar surface area (TPSA) is 70.1 Å². The summed E-state index contributed by atoms with van der Waals surface area (Å²) < 4.78 is 5.56. The summed E-state index contributed by atoms with van der Waals surface area (Å²) >= 11 is 1.21. The number of nitrogens with zero attached hydrogens (tertiary/aromatic N) is 2. The van der Waals surface area contributed by atoms with Gasteiger partial charge in [-0.05, 0) is 45.0 Å². The molecule has 132 valence electrons. The molecule has 0 bridgehead atoms. The minimum Gasteiger partial charge on any atom is -0.384 e. The molecule has 0 unspecified atom stereocenters. The van der Waals surface area contributed by atoms with Crippen LogP contribution in [0.25, 0.3) is 0 Å². The average Bonchev–Trinajstić information content (AvgIpc) is 3.17. The van der Waals surface area contributed by atoms with Gasteiger partial charge in [0.1, 0.15) is 5.60 Å². The third kappa shape index (κ3) is 4.03. The standard InChI is InChI=1S/C17H24N2O4S/c1-13(20)14-4-5-15(24-14)16(21)19-8-9-23-12-17(22,11-19)10-18-6-2-3-7-18/h4-5,22H,2-3,6-12H2,1H3/t17-/m0/s1. The maximum absolute atomic E-state index is 12.8. The Labute approximate surface area is 146 Å². The molecular weight excluding hydrogens is 328 g/mol. The molecule has 3 rings (SSSR count). The Balaban J connectivity index is 1.71. The van der Waals surface area contributed by atoms with Gasteiger partial charge in [0.2, 0.25) is 0 Å². The van der Waals surface area contributed by atoms with Gasteiger partial charge in [0.15, 0.2) is 5.78 Å². The van der Waals surface area contributed by atoms with Crippen LogP contribution < -0.4 is 0 Å². The number of rotatable bonds is 4. The summed E-state index contributed by atoms with van der Waals surface area (Å²) in [6, 6.07) is 3.37. The molecule has 3 heterocycles. The van der Waals surface area contributed by atoms with Gasteiger partial charge in [-0.25, -0.2) is 0 Å². The number of hydrogen-bond acceptors (Lipinski definition) is 6. The Morgan fingerprint density at radius 1 is 1.25 bits per heavy atom. The Bertz CT molecular complexity index is 611. The summed E-state index contributed by atoms with van der Waals surface area (Å²) in [4.78, 5) is 29.2. The van der Waals surface area contributed by atoms with E-state index < -0.39 is 5.60 Å². The van der Waals surface area contributed by atoms with Crippen LogP contribution in [-0.4, -0.2) is 78.1 Å². The van der Waals surface area contributed by atoms with Crippen molar-refractivity contribution in [3.05, 3.63) is 21.9 Å². The number of likely N-dealkylation sites (tertiary alicyclic amines) is 1. The molecule has 1 N–H and O–H groups in total. The Morgan fingerprint density at radius 2 is 1.96 bits per heavy atom. The van der Waals surface area contributed by atoms with Crippen LogP contribution in [0.4, 0.5) is 0 Å². The van der Waals surface area contributed by atoms with E-state index >= 15 is 0 Å². The van der Waals surface area contributed by atoms with E-state index in [2.05, 4.69) is 4.90 Å². The maximum Gasteiger partial charge on any atom is 0.264 e. The third-order valence-electron chi connectivity index (χ3n) is 4.53. The quantitative estimate of drug-likeness (QED) is 0.826. The lowest BCUT2D eigenvalue weighted by atomic mass is 10.0. The van der Waals surface area contributed by atoms with Crippen LogP contribution in [0, 0.1) is 0 Å². The van der Waals surface area contributed by atoms with E-state index in [9.17, 15) is 14.7 Å². The number of carbonyl (C=O) groups excluding carboxylic acids is 2. The van der Waals surface area contributed by atoms with Gasteiger partial charge in [-0.3, -0.25) is 9.59 Å². The second kappa shape index (κ2) is 7.31. The van der Waals surface area contributed by atoms with Crippen molar-refractivity contribution in [1.29, 1.82) is 0 Å². The fourth-order valence-corrected chi connectivity index (χ4v) is 4.21. The lowest BCUT2D eigenvalue weighted by molar-refractivity contribution is -0.0524.